The highest BCUT2D eigenvalue weighted by Crippen LogP contribution is 2.28. The molecule has 0 spiro atoms. The predicted molar refractivity (Wildman–Crippen MR) is 85.5 cm³/mol. The number of H-pyrrole nitrogens is 1. The maximum atomic E-state index is 12.1. The van der Waals surface area contributed by atoms with Gasteiger partial charge in [-0.15, -0.1) is 0 Å². The van der Waals surface area contributed by atoms with Crippen LogP contribution in [0, 0.1) is 13.8 Å². The summed E-state index contributed by atoms with van der Waals surface area (Å²) in [4.78, 5) is 12.1. The van der Waals surface area contributed by atoms with Crippen LogP contribution in [0.1, 0.15) is 22.4 Å². The van der Waals surface area contributed by atoms with Crippen molar-refractivity contribution in [2.24, 2.45) is 0 Å². The SMILES string of the molecule is Cc1ccc(NC(=O)Nc2n[nH]c3c2COCC3)c(Cl)c1C. The van der Waals surface area contributed by atoms with Gasteiger partial charge in [0.15, 0.2) is 5.82 Å². The molecule has 0 saturated heterocycles. The van der Waals surface area contributed by atoms with Crippen LogP contribution in [0.2, 0.25) is 5.02 Å². The van der Waals surface area contributed by atoms with Crippen molar-refractivity contribution >= 4 is 29.1 Å². The molecule has 0 radical (unpaired) electrons. The summed E-state index contributed by atoms with van der Waals surface area (Å²) in [5.74, 6) is 0.493. The fourth-order valence-electron chi connectivity index (χ4n) is 2.35. The lowest BCUT2D eigenvalue weighted by Crippen LogP contribution is -2.21. The zero-order valence-electron chi connectivity index (χ0n) is 12.4. The Bertz CT molecular complexity index is 727. The fourth-order valence-corrected chi connectivity index (χ4v) is 2.61. The van der Waals surface area contributed by atoms with Gasteiger partial charge in [-0.1, -0.05) is 17.7 Å². The maximum Gasteiger partial charge on any atom is 0.324 e. The number of benzene rings is 1. The smallest absolute Gasteiger partial charge is 0.324 e. The van der Waals surface area contributed by atoms with Crippen LogP contribution in [0.25, 0.3) is 0 Å². The molecule has 116 valence electrons. The van der Waals surface area contributed by atoms with E-state index in [0.717, 1.165) is 28.8 Å². The second-order valence-electron chi connectivity index (χ2n) is 5.28. The molecule has 2 aromatic rings. The predicted octanol–water partition coefficient (Wildman–Crippen LogP) is 3.40. The molecular formula is C15H17ClN4O2. The van der Waals surface area contributed by atoms with Gasteiger partial charge in [-0.05, 0) is 31.0 Å². The highest BCUT2D eigenvalue weighted by molar-refractivity contribution is 6.34. The number of urea groups is 1. The van der Waals surface area contributed by atoms with Crippen LogP contribution in [-0.4, -0.2) is 22.8 Å². The van der Waals surface area contributed by atoms with Crippen molar-refractivity contribution in [1.29, 1.82) is 0 Å². The minimum Gasteiger partial charge on any atom is -0.376 e. The first-order chi connectivity index (χ1) is 10.6. The number of anilines is 2. The second-order valence-corrected chi connectivity index (χ2v) is 5.66. The van der Waals surface area contributed by atoms with E-state index >= 15 is 0 Å². The molecule has 0 aliphatic carbocycles. The molecule has 6 nitrogen and oxygen atoms in total. The number of fused-ring (bicyclic) bond motifs is 1. The number of ether oxygens (including phenoxy) is 1. The standard InChI is InChI=1S/C15H17ClN4O2/c1-8-3-4-12(13(16)9(8)2)17-15(21)18-14-10-7-22-6-5-11(10)19-20-14/h3-4H,5-7H2,1-2H3,(H3,17,18,19,20,21). The van der Waals surface area contributed by atoms with Gasteiger partial charge in [0.05, 0.1) is 23.9 Å². The summed E-state index contributed by atoms with van der Waals surface area (Å²) in [6.45, 7) is 5.01. The number of hydrogen-bond acceptors (Lipinski definition) is 3. The molecule has 22 heavy (non-hydrogen) atoms. The van der Waals surface area contributed by atoms with E-state index in [9.17, 15) is 4.79 Å². The quantitative estimate of drug-likeness (QED) is 0.793. The molecule has 0 atom stereocenters. The van der Waals surface area contributed by atoms with Gasteiger partial charge in [0.2, 0.25) is 0 Å². The second kappa shape index (κ2) is 5.98. The molecule has 3 N–H and O–H groups in total. The summed E-state index contributed by atoms with van der Waals surface area (Å²) in [6.07, 6.45) is 0.772. The third-order valence-electron chi connectivity index (χ3n) is 3.83. The zero-order valence-corrected chi connectivity index (χ0v) is 13.2. The first-order valence-corrected chi connectivity index (χ1v) is 7.41. The number of carbonyl (C=O) groups is 1. The van der Waals surface area contributed by atoms with Gasteiger partial charge < -0.3 is 10.1 Å². The number of aromatic nitrogens is 2. The highest BCUT2D eigenvalue weighted by atomic mass is 35.5. The van der Waals surface area contributed by atoms with E-state index in [0.29, 0.717) is 29.7 Å². The number of hydrogen-bond donors (Lipinski definition) is 3. The summed E-state index contributed by atoms with van der Waals surface area (Å²) < 4.78 is 5.39. The summed E-state index contributed by atoms with van der Waals surface area (Å²) >= 11 is 6.26. The Morgan fingerprint density at radius 3 is 3.00 bits per heavy atom. The molecule has 2 heterocycles. The molecule has 0 bridgehead atoms. The molecule has 7 heteroatoms. The lowest BCUT2D eigenvalue weighted by molar-refractivity contribution is 0.110. The molecule has 3 rings (SSSR count). The van der Waals surface area contributed by atoms with Crippen LogP contribution < -0.4 is 10.6 Å². The number of rotatable bonds is 2. The average Bonchev–Trinajstić information content (AvgIpc) is 2.91. The number of amides is 2. The monoisotopic (exact) mass is 320 g/mol. The van der Waals surface area contributed by atoms with Gasteiger partial charge in [0, 0.05) is 17.7 Å². The van der Waals surface area contributed by atoms with Gasteiger partial charge in [-0.2, -0.15) is 5.10 Å². The third kappa shape index (κ3) is 2.80. The Morgan fingerprint density at radius 1 is 1.36 bits per heavy atom. The van der Waals surface area contributed by atoms with Gasteiger partial charge >= 0.3 is 6.03 Å². The van der Waals surface area contributed by atoms with Crippen molar-refractivity contribution in [1.82, 2.24) is 10.2 Å². The van der Waals surface area contributed by atoms with Gasteiger partial charge in [0.1, 0.15) is 0 Å². The number of carbonyl (C=O) groups excluding carboxylic acids is 1. The topological polar surface area (TPSA) is 79.0 Å². The van der Waals surface area contributed by atoms with Crippen LogP contribution in [0.5, 0.6) is 0 Å². The number of nitrogens with zero attached hydrogens (tertiary/aromatic N) is 1. The van der Waals surface area contributed by atoms with Crippen LogP contribution in [0.15, 0.2) is 12.1 Å². The molecule has 0 unspecified atom stereocenters. The Labute approximate surface area is 133 Å². The fraction of sp³-hybridized carbons (Fsp3) is 0.333. The van der Waals surface area contributed by atoms with E-state index in [1.165, 1.54) is 0 Å². The van der Waals surface area contributed by atoms with Crippen molar-refractivity contribution < 1.29 is 9.53 Å². The van der Waals surface area contributed by atoms with Crippen molar-refractivity contribution in [3.63, 3.8) is 0 Å². The van der Waals surface area contributed by atoms with E-state index in [4.69, 9.17) is 16.3 Å². The minimum atomic E-state index is -0.384. The third-order valence-corrected chi connectivity index (χ3v) is 4.32. The molecule has 1 aromatic heterocycles. The number of aromatic amines is 1. The van der Waals surface area contributed by atoms with Gasteiger partial charge in [-0.3, -0.25) is 10.4 Å². The maximum absolute atomic E-state index is 12.1. The first kappa shape index (κ1) is 14.9. The molecule has 0 fully saturated rings. The van der Waals surface area contributed by atoms with E-state index < -0.39 is 0 Å². The van der Waals surface area contributed by atoms with Crippen molar-refractivity contribution in [2.45, 2.75) is 26.9 Å². The minimum absolute atomic E-state index is 0.384. The zero-order chi connectivity index (χ0) is 15.7. The molecule has 1 aliphatic rings. The molecular weight excluding hydrogens is 304 g/mol. The van der Waals surface area contributed by atoms with Crippen LogP contribution >= 0.6 is 11.6 Å². The van der Waals surface area contributed by atoms with Crippen LogP contribution in [0.4, 0.5) is 16.3 Å². The van der Waals surface area contributed by atoms with E-state index in [1.54, 1.807) is 6.07 Å². The van der Waals surface area contributed by atoms with Crippen molar-refractivity contribution in [2.75, 3.05) is 17.2 Å². The summed E-state index contributed by atoms with van der Waals surface area (Å²) in [5, 5.41) is 13.1. The Morgan fingerprint density at radius 2 is 2.18 bits per heavy atom. The summed E-state index contributed by atoms with van der Waals surface area (Å²) in [7, 11) is 0. The van der Waals surface area contributed by atoms with Crippen molar-refractivity contribution in [3.05, 3.63) is 39.5 Å². The lowest BCUT2D eigenvalue weighted by Gasteiger charge is -2.14. The van der Waals surface area contributed by atoms with Gasteiger partial charge in [0.25, 0.3) is 0 Å². The summed E-state index contributed by atoms with van der Waals surface area (Å²) in [6, 6.07) is 3.32. The highest BCUT2D eigenvalue weighted by Gasteiger charge is 2.19. The number of nitrogens with one attached hydrogen (secondary N) is 3. The molecule has 1 aromatic carbocycles. The van der Waals surface area contributed by atoms with E-state index in [-0.39, 0.29) is 6.03 Å². The first-order valence-electron chi connectivity index (χ1n) is 7.04. The van der Waals surface area contributed by atoms with Crippen LogP contribution in [0.3, 0.4) is 0 Å². The molecule has 2 amide bonds. The van der Waals surface area contributed by atoms with Gasteiger partial charge in [-0.25, -0.2) is 4.79 Å². The normalized spacial score (nSPS) is 13.6. The molecule has 1 aliphatic heterocycles. The van der Waals surface area contributed by atoms with Crippen molar-refractivity contribution in [3.8, 4) is 0 Å². The summed E-state index contributed by atoms with van der Waals surface area (Å²) in [5.41, 5.74) is 4.50. The van der Waals surface area contributed by atoms with E-state index in [1.807, 2.05) is 19.9 Å². The number of halogens is 1. The number of aryl methyl sites for hydroxylation is 1. The average molecular weight is 321 g/mol. The van der Waals surface area contributed by atoms with E-state index in [2.05, 4.69) is 20.8 Å². The van der Waals surface area contributed by atoms with Crippen LogP contribution in [-0.2, 0) is 17.8 Å². The largest absolute Gasteiger partial charge is 0.376 e. The Kier molecular flexibility index (Phi) is 4.04. The Balaban J connectivity index is 1.73. The Hall–Kier alpha value is -2.05. The lowest BCUT2D eigenvalue weighted by atomic mass is 10.1. The molecule has 0 saturated carbocycles.